The summed E-state index contributed by atoms with van der Waals surface area (Å²) in [6.45, 7) is 6.92. The summed E-state index contributed by atoms with van der Waals surface area (Å²) in [6.07, 6.45) is 1.00. The minimum absolute atomic E-state index is 0.0596. The quantitative estimate of drug-likeness (QED) is 0.734. The van der Waals surface area contributed by atoms with Gasteiger partial charge in [-0.3, -0.25) is 0 Å². The third-order valence-electron chi connectivity index (χ3n) is 2.56. The Morgan fingerprint density at radius 1 is 1.44 bits per heavy atom. The van der Waals surface area contributed by atoms with Crippen molar-refractivity contribution in [1.29, 1.82) is 0 Å². The molecule has 18 heavy (non-hydrogen) atoms. The van der Waals surface area contributed by atoms with Crippen molar-refractivity contribution in [3.8, 4) is 5.75 Å². The van der Waals surface area contributed by atoms with Gasteiger partial charge in [-0.25, -0.2) is 4.39 Å². The van der Waals surface area contributed by atoms with E-state index in [2.05, 4.69) is 12.2 Å². The van der Waals surface area contributed by atoms with Gasteiger partial charge in [0.05, 0.1) is 0 Å². The highest BCUT2D eigenvalue weighted by atomic mass is 19.1. The van der Waals surface area contributed by atoms with Crippen molar-refractivity contribution < 1.29 is 14.2 Å². The van der Waals surface area contributed by atoms with Crippen LogP contribution in [0.5, 0.6) is 5.75 Å². The zero-order valence-corrected chi connectivity index (χ0v) is 11.3. The summed E-state index contributed by atoms with van der Waals surface area (Å²) in [4.78, 5) is 0. The second-order valence-corrected chi connectivity index (χ2v) is 4.90. The minimum Gasteiger partial charge on any atom is -0.487 e. The maximum absolute atomic E-state index is 13.4. The minimum atomic E-state index is -1.01. The van der Waals surface area contributed by atoms with Gasteiger partial charge in [-0.15, -0.1) is 0 Å². The first-order valence-electron chi connectivity index (χ1n) is 6.26. The van der Waals surface area contributed by atoms with E-state index in [1.807, 2.05) is 6.92 Å². The lowest BCUT2D eigenvalue weighted by Gasteiger charge is -2.24. The molecule has 1 unspecified atom stereocenters. The van der Waals surface area contributed by atoms with Gasteiger partial charge in [-0.1, -0.05) is 13.0 Å². The molecule has 1 aromatic carbocycles. The van der Waals surface area contributed by atoms with E-state index >= 15 is 0 Å². The Kier molecular flexibility index (Phi) is 5.56. The van der Waals surface area contributed by atoms with E-state index < -0.39 is 11.4 Å². The molecule has 0 saturated carbocycles. The number of halogens is 1. The van der Waals surface area contributed by atoms with Crippen LogP contribution in [0, 0.1) is 12.7 Å². The maximum atomic E-state index is 13.4. The van der Waals surface area contributed by atoms with Gasteiger partial charge in [0.15, 0.2) is 11.6 Å². The molecule has 0 aromatic heterocycles. The fourth-order valence-corrected chi connectivity index (χ4v) is 1.54. The van der Waals surface area contributed by atoms with E-state index in [1.165, 1.54) is 6.07 Å². The molecule has 0 amide bonds. The number of ether oxygens (including phenoxy) is 1. The summed E-state index contributed by atoms with van der Waals surface area (Å²) in [7, 11) is 0. The molecule has 0 bridgehead atoms. The molecule has 0 aliphatic rings. The SMILES string of the molecule is CCCNCC(C)(O)COc1cc(C)ccc1F. The second-order valence-electron chi connectivity index (χ2n) is 4.90. The number of nitrogens with one attached hydrogen (secondary N) is 1. The lowest BCUT2D eigenvalue weighted by molar-refractivity contribution is 0.0113. The van der Waals surface area contributed by atoms with Gasteiger partial charge in [-0.2, -0.15) is 0 Å². The summed E-state index contributed by atoms with van der Waals surface area (Å²) in [6, 6.07) is 4.68. The standard InChI is InChI=1S/C14H22FNO2/c1-4-7-16-9-14(3,17)10-18-13-8-11(2)5-6-12(13)15/h5-6,8,16-17H,4,7,9-10H2,1-3H3. The molecule has 4 heteroatoms. The van der Waals surface area contributed by atoms with Crippen molar-refractivity contribution in [2.24, 2.45) is 0 Å². The predicted octanol–water partition coefficient (Wildman–Crippen LogP) is 2.26. The Morgan fingerprint density at radius 3 is 2.83 bits per heavy atom. The van der Waals surface area contributed by atoms with E-state index in [0.29, 0.717) is 6.54 Å². The molecule has 0 heterocycles. The largest absolute Gasteiger partial charge is 0.487 e. The topological polar surface area (TPSA) is 41.5 Å². The Labute approximate surface area is 108 Å². The Morgan fingerprint density at radius 2 is 2.17 bits per heavy atom. The highest BCUT2D eigenvalue weighted by molar-refractivity contribution is 5.29. The number of aryl methyl sites for hydroxylation is 1. The molecule has 2 N–H and O–H groups in total. The average molecular weight is 255 g/mol. The van der Waals surface area contributed by atoms with Crippen LogP contribution in [0.1, 0.15) is 25.8 Å². The summed E-state index contributed by atoms with van der Waals surface area (Å²) < 4.78 is 18.8. The molecule has 3 nitrogen and oxygen atoms in total. The number of hydrogen-bond donors (Lipinski definition) is 2. The van der Waals surface area contributed by atoms with Crippen molar-refractivity contribution in [1.82, 2.24) is 5.32 Å². The van der Waals surface area contributed by atoms with Crippen molar-refractivity contribution in [2.45, 2.75) is 32.8 Å². The lowest BCUT2D eigenvalue weighted by atomic mass is 10.1. The van der Waals surface area contributed by atoms with Crippen molar-refractivity contribution in [3.05, 3.63) is 29.6 Å². The Bertz CT molecular complexity index is 380. The van der Waals surface area contributed by atoms with Crippen molar-refractivity contribution >= 4 is 0 Å². The highest BCUT2D eigenvalue weighted by Gasteiger charge is 2.21. The molecule has 0 aliphatic carbocycles. The third-order valence-corrected chi connectivity index (χ3v) is 2.56. The van der Waals surface area contributed by atoms with E-state index in [-0.39, 0.29) is 12.4 Å². The predicted molar refractivity (Wildman–Crippen MR) is 70.4 cm³/mol. The van der Waals surface area contributed by atoms with Gasteiger partial charge in [0.2, 0.25) is 0 Å². The zero-order chi connectivity index (χ0) is 13.6. The van der Waals surface area contributed by atoms with Crippen LogP contribution < -0.4 is 10.1 Å². The van der Waals surface area contributed by atoms with Crippen LogP contribution >= 0.6 is 0 Å². The van der Waals surface area contributed by atoms with E-state index in [0.717, 1.165) is 18.5 Å². The smallest absolute Gasteiger partial charge is 0.165 e. The first-order chi connectivity index (χ1) is 8.44. The van der Waals surface area contributed by atoms with Gasteiger partial charge >= 0.3 is 0 Å². The first kappa shape index (κ1) is 14.9. The molecular weight excluding hydrogens is 233 g/mol. The van der Waals surface area contributed by atoms with Gasteiger partial charge in [0, 0.05) is 6.54 Å². The summed E-state index contributed by atoms with van der Waals surface area (Å²) in [5.74, 6) is -0.219. The summed E-state index contributed by atoms with van der Waals surface area (Å²) in [5, 5.41) is 13.2. The molecule has 1 atom stereocenters. The first-order valence-corrected chi connectivity index (χ1v) is 6.26. The van der Waals surface area contributed by atoms with Crippen LogP contribution in [0.2, 0.25) is 0 Å². The van der Waals surface area contributed by atoms with Gasteiger partial charge in [-0.05, 0) is 44.5 Å². The Balaban J connectivity index is 2.50. The van der Waals surface area contributed by atoms with Crippen molar-refractivity contribution in [3.63, 3.8) is 0 Å². The maximum Gasteiger partial charge on any atom is 0.165 e. The van der Waals surface area contributed by atoms with Crippen LogP contribution in [0.25, 0.3) is 0 Å². The van der Waals surface area contributed by atoms with Crippen LogP contribution in [0.15, 0.2) is 18.2 Å². The number of rotatable bonds is 7. The van der Waals surface area contributed by atoms with Crippen molar-refractivity contribution in [2.75, 3.05) is 19.7 Å². The van der Waals surface area contributed by atoms with Gasteiger partial charge < -0.3 is 15.2 Å². The molecular formula is C14H22FNO2. The fraction of sp³-hybridized carbons (Fsp3) is 0.571. The number of benzene rings is 1. The molecule has 0 fully saturated rings. The van der Waals surface area contributed by atoms with E-state index in [9.17, 15) is 9.50 Å². The highest BCUT2D eigenvalue weighted by Crippen LogP contribution is 2.19. The van der Waals surface area contributed by atoms with Crippen LogP contribution in [0.3, 0.4) is 0 Å². The summed E-state index contributed by atoms with van der Waals surface area (Å²) >= 11 is 0. The molecule has 0 saturated heterocycles. The van der Waals surface area contributed by atoms with Crippen LogP contribution in [0.4, 0.5) is 4.39 Å². The van der Waals surface area contributed by atoms with E-state index in [1.54, 1.807) is 19.1 Å². The normalized spacial score (nSPS) is 14.3. The van der Waals surface area contributed by atoms with Gasteiger partial charge in [0.25, 0.3) is 0 Å². The molecule has 1 aromatic rings. The van der Waals surface area contributed by atoms with E-state index in [4.69, 9.17) is 4.74 Å². The van der Waals surface area contributed by atoms with Crippen LogP contribution in [-0.2, 0) is 0 Å². The molecule has 0 radical (unpaired) electrons. The lowest BCUT2D eigenvalue weighted by Crippen LogP contribution is -2.43. The fourth-order valence-electron chi connectivity index (χ4n) is 1.54. The Hall–Kier alpha value is -1.13. The third kappa shape index (κ3) is 5.02. The molecule has 102 valence electrons. The monoisotopic (exact) mass is 255 g/mol. The zero-order valence-electron chi connectivity index (χ0n) is 11.3. The van der Waals surface area contributed by atoms with Crippen LogP contribution in [-0.4, -0.2) is 30.4 Å². The molecule has 1 rings (SSSR count). The molecule has 0 aliphatic heterocycles. The van der Waals surface area contributed by atoms with Gasteiger partial charge in [0.1, 0.15) is 12.2 Å². The average Bonchev–Trinajstić information content (AvgIpc) is 2.31. The summed E-state index contributed by atoms with van der Waals surface area (Å²) in [5.41, 5.74) is -0.0825. The number of hydrogen-bond acceptors (Lipinski definition) is 3. The molecule has 0 spiro atoms. The number of aliphatic hydroxyl groups is 1. The second kappa shape index (κ2) is 6.71.